The maximum atomic E-state index is 13.4. The number of carbonyl (C=O) groups is 2. The number of nitrogens with zero attached hydrogens (tertiary/aromatic N) is 2. The standard InChI is InChI=1S/C22H27N3O6S2/c1-13-19(32-22(23-13)24-20(26)14-6-3-4-7-14)15-9-10-17(31-2)18(12-15)33(29,30)25-11-5-8-16(25)21(27)28/h9-10,12,14,16H,3-8,11H2,1-2H3,(H,27,28)(H,23,24,26). The number of hydrogen-bond donors (Lipinski definition) is 2. The number of nitrogens with one attached hydrogen (secondary N) is 1. The van der Waals surface area contributed by atoms with E-state index in [2.05, 4.69) is 10.3 Å². The van der Waals surface area contributed by atoms with E-state index in [1.54, 1.807) is 19.1 Å². The highest BCUT2D eigenvalue weighted by Crippen LogP contribution is 2.39. The van der Waals surface area contributed by atoms with Gasteiger partial charge in [0.2, 0.25) is 15.9 Å². The fraction of sp³-hybridized carbons (Fsp3) is 0.500. The summed E-state index contributed by atoms with van der Waals surface area (Å²) in [6, 6.07) is 3.70. The number of thiazole rings is 1. The van der Waals surface area contributed by atoms with Gasteiger partial charge in [-0.15, -0.1) is 0 Å². The van der Waals surface area contributed by atoms with Crippen molar-refractivity contribution in [3.05, 3.63) is 23.9 Å². The molecule has 1 aliphatic heterocycles. The molecule has 1 amide bonds. The average Bonchev–Trinajstić information content (AvgIpc) is 3.54. The van der Waals surface area contributed by atoms with Crippen LogP contribution >= 0.6 is 11.3 Å². The van der Waals surface area contributed by atoms with E-state index >= 15 is 0 Å². The first kappa shape index (κ1) is 23.7. The molecule has 1 aliphatic carbocycles. The number of aromatic nitrogens is 1. The molecule has 0 radical (unpaired) electrons. The van der Waals surface area contributed by atoms with Crippen LogP contribution in [0.5, 0.6) is 5.75 Å². The molecule has 33 heavy (non-hydrogen) atoms. The highest BCUT2D eigenvalue weighted by Gasteiger charge is 2.41. The molecule has 0 bridgehead atoms. The Hall–Kier alpha value is -2.50. The number of anilines is 1. The Labute approximate surface area is 196 Å². The zero-order valence-corrected chi connectivity index (χ0v) is 20.2. The number of sulfonamides is 1. The van der Waals surface area contributed by atoms with Crippen LogP contribution in [0.15, 0.2) is 23.1 Å². The van der Waals surface area contributed by atoms with Crippen LogP contribution in [0.25, 0.3) is 10.4 Å². The normalized spacial score (nSPS) is 19.6. The Morgan fingerprint density at radius 3 is 2.61 bits per heavy atom. The van der Waals surface area contributed by atoms with Crippen molar-refractivity contribution < 1.29 is 27.9 Å². The fourth-order valence-electron chi connectivity index (χ4n) is 4.53. The highest BCUT2D eigenvalue weighted by molar-refractivity contribution is 7.89. The number of methoxy groups -OCH3 is 1. The zero-order valence-electron chi connectivity index (χ0n) is 18.5. The van der Waals surface area contributed by atoms with Gasteiger partial charge in [0, 0.05) is 12.5 Å². The molecule has 9 nitrogen and oxygen atoms in total. The molecule has 178 valence electrons. The Kier molecular flexibility index (Phi) is 6.73. The molecule has 1 aromatic heterocycles. The van der Waals surface area contributed by atoms with Crippen LogP contribution in [-0.4, -0.2) is 54.4 Å². The van der Waals surface area contributed by atoms with Gasteiger partial charge in [-0.2, -0.15) is 4.31 Å². The van der Waals surface area contributed by atoms with Gasteiger partial charge in [-0.05, 0) is 56.4 Å². The van der Waals surface area contributed by atoms with Gasteiger partial charge in [-0.1, -0.05) is 24.2 Å². The molecule has 1 aromatic carbocycles. The van der Waals surface area contributed by atoms with Crippen molar-refractivity contribution in [2.75, 3.05) is 19.0 Å². The maximum absolute atomic E-state index is 13.4. The van der Waals surface area contributed by atoms with E-state index in [4.69, 9.17) is 4.74 Å². The van der Waals surface area contributed by atoms with Crippen molar-refractivity contribution in [1.82, 2.24) is 9.29 Å². The van der Waals surface area contributed by atoms with E-state index in [9.17, 15) is 23.1 Å². The summed E-state index contributed by atoms with van der Waals surface area (Å²) in [4.78, 5) is 29.2. The van der Waals surface area contributed by atoms with Crippen LogP contribution in [0.3, 0.4) is 0 Å². The molecule has 4 rings (SSSR count). The minimum absolute atomic E-state index is 0.0121. The van der Waals surface area contributed by atoms with Gasteiger partial charge in [0.05, 0.1) is 17.7 Å². The Balaban J connectivity index is 1.66. The minimum Gasteiger partial charge on any atom is -0.495 e. The molecule has 1 saturated heterocycles. The summed E-state index contributed by atoms with van der Waals surface area (Å²) in [5.74, 6) is -1.03. The number of amides is 1. The third-order valence-electron chi connectivity index (χ3n) is 6.25. The van der Waals surface area contributed by atoms with E-state index in [0.717, 1.165) is 34.9 Å². The number of hydrogen-bond acceptors (Lipinski definition) is 7. The number of aliphatic carboxylic acids is 1. The van der Waals surface area contributed by atoms with E-state index < -0.39 is 22.0 Å². The summed E-state index contributed by atoms with van der Waals surface area (Å²) in [7, 11) is -2.72. The molecular formula is C22H27N3O6S2. The molecule has 0 spiro atoms. The van der Waals surface area contributed by atoms with Crippen molar-refractivity contribution >= 4 is 38.4 Å². The number of carboxylic acids is 1. The molecule has 1 saturated carbocycles. The average molecular weight is 494 g/mol. The van der Waals surface area contributed by atoms with Gasteiger partial charge < -0.3 is 15.2 Å². The number of rotatable bonds is 7. The quantitative estimate of drug-likeness (QED) is 0.605. The highest BCUT2D eigenvalue weighted by atomic mass is 32.2. The Bertz CT molecular complexity index is 1170. The number of ether oxygens (including phenoxy) is 1. The van der Waals surface area contributed by atoms with Gasteiger partial charge in [0.1, 0.15) is 16.7 Å². The SMILES string of the molecule is COc1ccc(-c2sc(NC(=O)C3CCCC3)nc2C)cc1S(=O)(=O)N1CCCC1C(=O)O. The topological polar surface area (TPSA) is 126 Å². The first-order chi connectivity index (χ1) is 15.7. The summed E-state index contributed by atoms with van der Waals surface area (Å²) in [6.45, 7) is 1.94. The molecule has 2 aliphatic rings. The lowest BCUT2D eigenvalue weighted by Gasteiger charge is -2.22. The molecule has 2 N–H and O–H groups in total. The lowest BCUT2D eigenvalue weighted by Crippen LogP contribution is -2.40. The van der Waals surface area contributed by atoms with Crippen molar-refractivity contribution in [1.29, 1.82) is 0 Å². The van der Waals surface area contributed by atoms with E-state index in [1.807, 2.05) is 0 Å². The van der Waals surface area contributed by atoms with Crippen LogP contribution in [-0.2, 0) is 19.6 Å². The second-order valence-electron chi connectivity index (χ2n) is 8.38. The summed E-state index contributed by atoms with van der Waals surface area (Å²) < 4.78 is 33.1. The molecule has 1 atom stereocenters. The molecule has 2 heterocycles. The largest absolute Gasteiger partial charge is 0.495 e. The molecule has 2 aromatic rings. The maximum Gasteiger partial charge on any atom is 0.322 e. The fourth-order valence-corrected chi connectivity index (χ4v) is 7.33. The van der Waals surface area contributed by atoms with Crippen molar-refractivity contribution in [2.45, 2.75) is 56.4 Å². The van der Waals surface area contributed by atoms with Crippen molar-refractivity contribution in [3.8, 4) is 16.2 Å². The lowest BCUT2D eigenvalue weighted by atomic mass is 10.1. The van der Waals surface area contributed by atoms with E-state index in [1.165, 1.54) is 24.5 Å². The molecule has 1 unspecified atom stereocenters. The number of carboxylic acid groups (broad SMARTS) is 1. The summed E-state index contributed by atoms with van der Waals surface area (Å²) >= 11 is 1.28. The van der Waals surface area contributed by atoms with Crippen LogP contribution in [0.1, 0.15) is 44.2 Å². The van der Waals surface area contributed by atoms with Crippen molar-refractivity contribution in [2.24, 2.45) is 5.92 Å². The molecule has 11 heteroatoms. The second kappa shape index (κ2) is 9.40. The monoisotopic (exact) mass is 493 g/mol. The summed E-state index contributed by atoms with van der Waals surface area (Å²) in [5, 5.41) is 12.8. The smallest absolute Gasteiger partial charge is 0.322 e. The van der Waals surface area contributed by atoms with E-state index in [-0.39, 0.29) is 35.4 Å². The second-order valence-corrected chi connectivity index (χ2v) is 11.2. The number of carbonyl (C=O) groups excluding carboxylic acids is 1. The predicted octanol–water partition coefficient (Wildman–Crippen LogP) is 3.49. The summed E-state index contributed by atoms with van der Waals surface area (Å²) in [6.07, 6.45) is 4.64. The summed E-state index contributed by atoms with van der Waals surface area (Å²) in [5.41, 5.74) is 1.27. The van der Waals surface area contributed by atoms with Crippen molar-refractivity contribution in [3.63, 3.8) is 0 Å². The molecule has 2 fully saturated rings. The van der Waals surface area contributed by atoms with Crippen LogP contribution in [0.2, 0.25) is 0 Å². The van der Waals surface area contributed by atoms with Crippen LogP contribution in [0, 0.1) is 12.8 Å². The number of benzene rings is 1. The van der Waals surface area contributed by atoms with Gasteiger partial charge in [0.25, 0.3) is 0 Å². The Morgan fingerprint density at radius 2 is 1.94 bits per heavy atom. The van der Waals surface area contributed by atoms with Gasteiger partial charge in [-0.3, -0.25) is 9.59 Å². The molecular weight excluding hydrogens is 466 g/mol. The van der Waals surface area contributed by atoms with Gasteiger partial charge in [-0.25, -0.2) is 13.4 Å². The minimum atomic E-state index is -4.10. The Morgan fingerprint density at radius 1 is 1.21 bits per heavy atom. The first-order valence-electron chi connectivity index (χ1n) is 10.9. The van der Waals surface area contributed by atoms with Crippen LogP contribution in [0.4, 0.5) is 5.13 Å². The zero-order chi connectivity index (χ0) is 23.8. The predicted molar refractivity (Wildman–Crippen MR) is 124 cm³/mol. The van der Waals surface area contributed by atoms with E-state index in [0.29, 0.717) is 22.8 Å². The van der Waals surface area contributed by atoms with Gasteiger partial charge >= 0.3 is 5.97 Å². The first-order valence-corrected chi connectivity index (χ1v) is 13.2. The van der Waals surface area contributed by atoms with Crippen LogP contribution < -0.4 is 10.1 Å². The lowest BCUT2D eigenvalue weighted by molar-refractivity contribution is -0.140. The third kappa shape index (κ3) is 4.62. The number of aryl methyl sites for hydroxylation is 1. The van der Waals surface area contributed by atoms with Gasteiger partial charge in [0.15, 0.2) is 5.13 Å². The third-order valence-corrected chi connectivity index (χ3v) is 9.31.